The highest BCUT2D eigenvalue weighted by Gasteiger charge is 2.31. The van der Waals surface area contributed by atoms with Gasteiger partial charge in [0.1, 0.15) is 17.6 Å². The molecule has 1 amide bonds. The average Bonchev–Trinajstić information content (AvgIpc) is 3.08. The predicted octanol–water partition coefficient (Wildman–Crippen LogP) is 3.89. The van der Waals surface area contributed by atoms with Gasteiger partial charge in [0.25, 0.3) is 5.91 Å². The summed E-state index contributed by atoms with van der Waals surface area (Å²) in [4.78, 5) is 21.1. The number of pyridine rings is 1. The number of hydrogen-bond donors (Lipinski definition) is 1. The number of ether oxygens (including phenoxy) is 1. The molecule has 160 valence electrons. The van der Waals surface area contributed by atoms with Crippen molar-refractivity contribution in [2.75, 3.05) is 0 Å². The second kappa shape index (κ2) is 8.61. The molecule has 0 bridgehead atoms. The SMILES string of the molecule is Cc1nc([C@H](C)NC(=O)c2cc(Cl)cc(OC(F)(F)F)c2)n(-c2ccc(C#N)cn2)n1. The third kappa shape index (κ3) is 5.49. The number of aryl methyl sites for hydroxylation is 1. The summed E-state index contributed by atoms with van der Waals surface area (Å²) < 4.78 is 42.7. The van der Waals surface area contributed by atoms with Crippen molar-refractivity contribution >= 4 is 17.5 Å². The molecule has 1 N–H and O–H groups in total. The predicted molar refractivity (Wildman–Crippen MR) is 103 cm³/mol. The second-order valence-electron chi connectivity index (χ2n) is 6.36. The van der Waals surface area contributed by atoms with Crippen LogP contribution in [0, 0.1) is 18.3 Å². The number of carbonyl (C=O) groups is 1. The van der Waals surface area contributed by atoms with Crippen molar-refractivity contribution in [3.8, 4) is 17.6 Å². The highest BCUT2D eigenvalue weighted by Crippen LogP contribution is 2.27. The van der Waals surface area contributed by atoms with Crippen LogP contribution in [0.3, 0.4) is 0 Å². The van der Waals surface area contributed by atoms with Crippen molar-refractivity contribution in [2.24, 2.45) is 0 Å². The third-order valence-electron chi connectivity index (χ3n) is 3.93. The van der Waals surface area contributed by atoms with E-state index < -0.39 is 24.1 Å². The minimum atomic E-state index is -4.92. The number of carbonyl (C=O) groups excluding carboxylic acids is 1. The van der Waals surface area contributed by atoms with Crippen LogP contribution >= 0.6 is 11.6 Å². The van der Waals surface area contributed by atoms with Gasteiger partial charge in [-0.1, -0.05) is 11.6 Å². The topological polar surface area (TPSA) is 106 Å². The Bertz CT molecular complexity index is 1150. The van der Waals surface area contributed by atoms with Crippen molar-refractivity contribution in [2.45, 2.75) is 26.3 Å². The standard InChI is InChI=1S/C19H14ClF3N6O2/c1-10(17-27-11(2)28-29(17)16-4-3-12(8-24)9-25-16)26-18(30)13-5-14(20)7-15(6-13)31-19(21,22)23/h3-7,9-10H,1-2H3,(H,26,30)/t10-/m0/s1. The summed E-state index contributed by atoms with van der Waals surface area (Å²) in [5.74, 6) is -0.192. The van der Waals surface area contributed by atoms with Gasteiger partial charge in [-0.3, -0.25) is 4.79 Å². The summed E-state index contributed by atoms with van der Waals surface area (Å²) >= 11 is 5.82. The van der Waals surface area contributed by atoms with Crippen LogP contribution in [0.25, 0.3) is 5.82 Å². The van der Waals surface area contributed by atoms with Gasteiger partial charge in [-0.2, -0.15) is 9.94 Å². The van der Waals surface area contributed by atoms with Gasteiger partial charge in [0.15, 0.2) is 11.6 Å². The van der Waals surface area contributed by atoms with Gasteiger partial charge in [-0.05, 0) is 44.2 Å². The molecule has 2 heterocycles. The van der Waals surface area contributed by atoms with E-state index in [4.69, 9.17) is 16.9 Å². The molecule has 1 aromatic carbocycles. The zero-order chi connectivity index (χ0) is 22.8. The Morgan fingerprint density at radius 1 is 1.32 bits per heavy atom. The van der Waals surface area contributed by atoms with Gasteiger partial charge in [-0.15, -0.1) is 18.3 Å². The van der Waals surface area contributed by atoms with E-state index >= 15 is 0 Å². The molecule has 0 aliphatic rings. The average molecular weight is 451 g/mol. The largest absolute Gasteiger partial charge is 0.573 e. The normalized spacial score (nSPS) is 12.2. The van der Waals surface area contributed by atoms with Gasteiger partial charge >= 0.3 is 6.36 Å². The Labute approximate surface area is 179 Å². The monoisotopic (exact) mass is 450 g/mol. The van der Waals surface area contributed by atoms with E-state index in [9.17, 15) is 18.0 Å². The van der Waals surface area contributed by atoms with Gasteiger partial charge in [0, 0.05) is 16.8 Å². The number of nitrogens with one attached hydrogen (secondary N) is 1. The van der Waals surface area contributed by atoms with Gasteiger partial charge in [0.05, 0.1) is 11.6 Å². The number of benzene rings is 1. The minimum Gasteiger partial charge on any atom is -0.406 e. The Morgan fingerprint density at radius 2 is 2.06 bits per heavy atom. The number of amides is 1. The first-order valence-electron chi connectivity index (χ1n) is 8.73. The summed E-state index contributed by atoms with van der Waals surface area (Å²) in [5, 5.41) is 15.7. The molecular formula is C19H14ClF3N6O2. The van der Waals surface area contributed by atoms with E-state index in [0.29, 0.717) is 23.0 Å². The minimum absolute atomic E-state index is 0.0969. The molecule has 8 nitrogen and oxygen atoms in total. The van der Waals surface area contributed by atoms with Crippen LogP contribution in [-0.4, -0.2) is 32.0 Å². The number of nitriles is 1. The van der Waals surface area contributed by atoms with Crippen LogP contribution in [-0.2, 0) is 0 Å². The molecule has 0 fully saturated rings. The van der Waals surface area contributed by atoms with Gasteiger partial charge in [0.2, 0.25) is 0 Å². The van der Waals surface area contributed by atoms with E-state index in [1.807, 2.05) is 6.07 Å². The number of alkyl halides is 3. The lowest BCUT2D eigenvalue weighted by molar-refractivity contribution is -0.274. The first-order chi connectivity index (χ1) is 14.6. The summed E-state index contributed by atoms with van der Waals surface area (Å²) in [6, 6.07) is 7.48. The molecule has 0 saturated carbocycles. The molecule has 1 atom stereocenters. The summed E-state index contributed by atoms with van der Waals surface area (Å²) in [5.41, 5.74) is 0.235. The van der Waals surface area contributed by atoms with Crippen LogP contribution in [0.4, 0.5) is 13.2 Å². The van der Waals surface area contributed by atoms with Crippen LogP contribution in [0.1, 0.15) is 40.5 Å². The summed E-state index contributed by atoms with van der Waals surface area (Å²) in [6.45, 7) is 3.27. The first kappa shape index (κ1) is 22.0. The smallest absolute Gasteiger partial charge is 0.406 e. The maximum absolute atomic E-state index is 12.6. The zero-order valence-corrected chi connectivity index (χ0v) is 16.9. The van der Waals surface area contributed by atoms with E-state index in [0.717, 1.165) is 12.1 Å². The first-order valence-corrected chi connectivity index (χ1v) is 9.11. The van der Waals surface area contributed by atoms with Crippen LogP contribution in [0.5, 0.6) is 5.75 Å². The Hall–Kier alpha value is -3.65. The molecule has 0 saturated heterocycles. The summed E-state index contributed by atoms with van der Waals surface area (Å²) in [6.07, 6.45) is -3.55. The van der Waals surface area contributed by atoms with Crippen molar-refractivity contribution in [3.05, 3.63) is 64.3 Å². The lowest BCUT2D eigenvalue weighted by Crippen LogP contribution is -2.29. The van der Waals surface area contributed by atoms with Crippen LogP contribution in [0.2, 0.25) is 5.02 Å². The van der Waals surface area contributed by atoms with Crippen LogP contribution in [0.15, 0.2) is 36.5 Å². The molecule has 0 spiro atoms. The molecule has 0 aliphatic carbocycles. The van der Waals surface area contributed by atoms with E-state index in [-0.39, 0.29) is 10.6 Å². The fourth-order valence-corrected chi connectivity index (χ4v) is 2.91. The number of nitrogens with zero attached hydrogens (tertiary/aromatic N) is 5. The maximum atomic E-state index is 12.6. The van der Waals surface area contributed by atoms with Crippen LogP contribution < -0.4 is 10.1 Å². The molecule has 0 aliphatic heterocycles. The van der Waals surface area contributed by atoms with Crippen molar-refractivity contribution in [3.63, 3.8) is 0 Å². The highest BCUT2D eigenvalue weighted by molar-refractivity contribution is 6.31. The van der Waals surface area contributed by atoms with Crippen molar-refractivity contribution in [1.29, 1.82) is 5.26 Å². The Morgan fingerprint density at radius 3 is 2.68 bits per heavy atom. The lowest BCUT2D eigenvalue weighted by Gasteiger charge is -2.15. The van der Waals surface area contributed by atoms with E-state index in [2.05, 4.69) is 25.1 Å². The highest BCUT2D eigenvalue weighted by atomic mass is 35.5. The number of hydrogen-bond acceptors (Lipinski definition) is 6. The molecule has 3 rings (SSSR count). The summed E-state index contributed by atoms with van der Waals surface area (Å²) in [7, 11) is 0. The molecule has 2 aromatic heterocycles. The van der Waals surface area contributed by atoms with Crippen molar-refractivity contribution < 1.29 is 22.7 Å². The molecular weight excluding hydrogens is 437 g/mol. The quantitative estimate of drug-likeness (QED) is 0.632. The van der Waals surface area contributed by atoms with E-state index in [1.54, 1.807) is 26.0 Å². The molecule has 12 heteroatoms. The fraction of sp³-hybridized carbons (Fsp3) is 0.211. The van der Waals surface area contributed by atoms with Crippen molar-refractivity contribution in [1.82, 2.24) is 25.1 Å². The van der Waals surface area contributed by atoms with E-state index in [1.165, 1.54) is 16.9 Å². The number of halogens is 4. The number of rotatable bonds is 5. The zero-order valence-electron chi connectivity index (χ0n) is 16.1. The molecule has 3 aromatic rings. The Balaban J connectivity index is 1.84. The Kier molecular flexibility index (Phi) is 6.12. The molecule has 31 heavy (non-hydrogen) atoms. The number of aromatic nitrogens is 4. The third-order valence-corrected chi connectivity index (χ3v) is 4.15. The lowest BCUT2D eigenvalue weighted by atomic mass is 10.2. The fourth-order valence-electron chi connectivity index (χ4n) is 2.69. The van der Waals surface area contributed by atoms with Gasteiger partial charge < -0.3 is 10.1 Å². The maximum Gasteiger partial charge on any atom is 0.573 e. The molecule has 0 unspecified atom stereocenters. The molecule has 0 radical (unpaired) electrons. The van der Waals surface area contributed by atoms with Gasteiger partial charge in [-0.25, -0.2) is 9.97 Å². The second-order valence-corrected chi connectivity index (χ2v) is 6.80.